The lowest BCUT2D eigenvalue weighted by Gasteiger charge is -2.05. The second-order valence-electron chi connectivity index (χ2n) is 5.03. The zero-order chi connectivity index (χ0) is 13.9. The molecule has 2 aromatic carbocycles. The van der Waals surface area contributed by atoms with Crippen molar-refractivity contribution in [2.24, 2.45) is 5.73 Å². The Kier molecular flexibility index (Phi) is 3.44. The van der Waals surface area contributed by atoms with Crippen molar-refractivity contribution >= 4 is 10.9 Å². The molecule has 0 aliphatic carbocycles. The maximum absolute atomic E-state index is 5.80. The van der Waals surface area contributed by atoms with Gasteiger partial charge in [-0.05, 0) is 47.7 Å². The quantitative estimate of drug-likeness (QED) is 0.759. The molecule has 3 aromatic rings. The summed E-state index contributed by atoms with van der Waals surface area (Å²) in [5.74, 6) is 0.895. The van der Waals surface area contributed by atoms with Crippen LogP contribution in [0.1, 0.15) is 16.8 Å². The summed E-state index contributed by atoms with van der Waals surface area (Å²) in [7, 11) is 0. The molecule has 0 unspecified atom stereocenters. The molecule has 0 aliphatic heterocycles. The van der Waals surface area contributed by atoms with E-state index < -0.39 is 0 Å². The lowest BCUT2D eigenvalue weighted by molar-refractivity contribution is 0.302. The molecule has 20 heavy (non-hydrogen) atoms. The van der Waals surface area contributed by atoms with E-state index in [9.17, 15) is 0 Å². The number of aromatic amines is 1. The first-order valence-corrected chi connectivity index (χ1v) is 6.74. The zero-order valence-corrected chi connectivity index (χ0v) is 11.5. The summed E-state index contributed by atoms with van der Waals surface area (Å²) in [5, 5.41) is 1.19. The number of hydrogen-bond donors (Lipinski definition) is 2. The second kappa shape index (κ2) is 5.39. The number of aromatic nitrogens is 1. The van der Waals surface area contributed by atoms with E-state index in [2.05, 4.69) is 42.2 Å². The molecule has 102 valence electrons. The van der Waals surface area contributed by atoms with E-state index in [1.807, 2.05) is 18.2 Å². The molecule has 0 atom stereocenters. The first-order valence-electron chi connectivity index (χ1n) is 6.74. The third kappa shape index (κ3) is 2.68. The minimum atomic E-state index is 0.538. The molecule has 3 heteroatoms. The third-order valence-electron chi connectivity index (χ3n) is 3.36. The zero-order valence-electron chi connectivity index (χ0n) is 11.5. The summed E-state index contributed by atoms with van der Waals surface area (Å²) < 4.78 is 5.80. The van der Waals surface area contributed by atoms with Crippen LogP contribution in [0.15, 0.2) is 48.5 Å². The van der Waals surface area contributed by atoms with Crippen molar-refractivity contribution in [1.29, 1.82) is 0 Å². The van der Waals surface area contributed by atoms with Gasteiger partial charge in [0.05, 0.1) is 5.69 Å². The van der Waals surface area contributed by atoms with Crippen LogP contribution < -0.4 is 10.5 Å². The third-order valence-corrected chi connectivity index (χ3v) is 3.36. The fourth-order valence-electron chi connectivity index (χ4n) is 2.31. The van der Waals surface area contributed by atoms with Gasteiger partial charge in [-0.1, -0.05) is 24.3 Å². The van der Waals surface area contributed by atoms with E-state index in [1.165, 1.54) is 10.9 Å². The van der Waals surface area contributed by atoms with E-state index in [-0.39, 0.29) is 0 Å². The number of nitrogens with one attached hydrogen (secondary N) is 1. The van der Waals surface area contributed by atoms with Crippen LogP contribution in [0.4, 0.5) is 0 Å². The summed E-state index contributed by atoms with van der Waals surface area (Å²) >= 11 is 0. The number of benzene rings is 2. The Morgan fingerprint density at radius 2 is 2.00 bits per heavy atom. The molecular weight excluding hydrogens is 248 g/mol. The number of hydrogen-bond acceptors (Lipinski definition) is 2. The van der Waals surface area contributed by atoms with Crippen LogP contribution in [0.5, 0.6) is 5.75 Å². The maximum Gasteiger partial charge on any atom is 0.128 e. The predicted molar refractivity (Wildman–Crippen MR) is 81.7 cm³/mol. The average Bonchev–Trinajstić information content (AvgIpc) is 2.87. The highest BCUT2D eigenvalue weighted by atomic mass is 16.5. The molecule has 0 saturated carbocycles. The Morgan fingerprint density at radius 1 is 1.10 bits per heavy atom. The Hall–Kier alpha value is -2.26. The van der Waals surface area contributed by atoms with Gasteiger partial charge in [0.25, 0.3) is 0 Å². The van der Waals surface area contributed by atoms with E-state index in [1.54, 1.807) is 0 Å². The summed E-state index contributed by atoms with van der Waals surface area (Å²) in [6.45, 7) is 3.16. The first kappa shape index (κ1) is 12.8. The van der Waals surface area contributed by atoms with E-state index >= 15 is 0 Å². The number of H-pyrrole nitrogens is 1. The molecule has 3 nitrogen and oxygen atoms in total. The van der Waals surface area contributed by atoms with Gasteiger partial charge in [-0.25, -0.2) is 0 Å². The highest BCUT2D eigenvalue weighted by molar-refractivity contribution is 5.81. The number of nitrogens with two attached hydrogens (primary N) is 1. The van der Waals surface area contributed by atoms with Gasteiger partial charge in [-0.2, -0.15) is 0 Å². The lowest BCUT2D eigenvalue weighted by atomic mass is 10.2. The number of ether oxygens (including phenoxy) is 1. The summed E-state index contributed by atoms with van der Waals surface area (Å²) in [5.41, 5.74) is 10.2. The minimum Gasteiger partial charge on any atom is -0.487 e. The molecular formula is C17H18N2O. The summed E-state index contributed by atoms with van der Waals surface area (Å²) in [4.78, 5) is 3.37. The van der Waals surface area contributed by atoms with Crippen LogP contribution in [0, 0.1) is 6.92 Å². The van der Waals surface area contributed by atoms with Gasteiger partial charge in [-0.3, -0.25) is 0 Å². The summed E-state index contributed by atoms with van der Waals surface area (Å²) in [6.07, 6.45) is 0. The van der Waals surface area contributed by atoms with E-state index in [0.29, 0.717) is 13.2 Å². The van der Waals surface area contributed by atoms with Gasteiger partial charge in [0.15, 0.2) is 0 Å². The fourth-order valence-corrected chi connectivity index (χ4v) is 2.31. The van der Waals surface area contributed by atoms with Gasteiger partial charge in [0.1, 0.15) is 12.4 Å². The monoisotopic (exact) mass is 266 g/mol. The van der Waals surface area contributed by atoms with Crippen LogP contribution in [0.25, 0.3) is 10.9 Å². The number of rotatable bonds is 4. The predicted octanol–water partition coefficient (Wildman–Crippen LogP) is 3.51. The maximum atomic E-state index is 5.80. The van der Waals surface area contributed by atoms with Crippen LogP contribution in [-0.2, 0) is 13.2 Å². The molecule has 0 spiro atoms. The van der Waals surface area contributed by atoms with Crippen molar-refractivity contribution in [2.45, 2.75) is 20.1 Å². The van der Waals surface area contributed by atoms with Crippen LogP contribution in [0.2, 0.25) is 0 Å². The normalized spacial score (nSPS) is 10.9. The van der Waals surface area contributed by atoms with Gasteiger partial charge in [0.2, 0.25) is 0 Å². The van der Waals surface area contributed by atoms with E-state index in [4.69, 9.17) is 10.5 Å². The Labute approximate surface area is 118 Å². The molecule has 3 N–H and O–H groups in total. The molecule has 0 saturated heterocycles. The molecule has 0 amide bonds. The standard InChI is InChI=1S/C17H18N2O/c1-12-3-2-4-16(7-12)20-11-15-9-14-6-5-13(10-18)8-17(14)19-15/h2-9,19H,10-11,18H2,1H3. The van der Waals surface area contributed by atoms with Crippen molar-refractivity contribution in [3.05, 3.63) is 65.4 Å². The average molecular weight is 266 g/mol. The van der Waals surface area contributed by atoms with Crippen molar-refractivity contribution in [1.82, 2.24) is 4.98 Å². The topological polar surface area (TPSA) is 51.0 Å². The van der Waals surface area contributed by atoms with Crippen molar-refractivity contribution in [3.8, 4) is 5.75 Å². The molecule has 0 bridgehead atoms. The highest BCUT2D eigenvalue weighted by Crippen LogP contribution is 2.19. The largest absolute Gasteiger partial charge is 0.487 e. The van der Waals surface area contributed by atoms with Crippen LogP contribution >= 0.6 is 0 Å². The van der Waals surface area contributed by atoms with Gasteiger partial charge in [0, 0.05) is 12.1 Å². The second-order valence-corrected chi connectivity index (χ2v) is 5.03. The van der Waals surface area contributed by atoms with Crippen LogP contribution in [0.3, 0.4) is 0 Å². The van der Waals surface area contributed by atoms with Gasteiger partial charge >= 0.3 is 0 Å². The fraction of sp³-hybridized carbons (Fsp3) is 0.176. The molecule has 3 rings (SSSR count). The van der Waals surface area contributed by atoms with E-state index in [0.717, 1.165) is 22.5 Å². The SMILES string of the molecule is Cc1cccc(OCc2cc3ccc(CN)cc3[nH]2)c1. The van der Waals surface area contributed by atoms with Crippen LogP contribution in [-0.4, -0.2) is 4.98 Å². The van der Waals surface area contributed by atoms with Crippen molar-refractivity contribution < 1.29 is 4.74 Å². The first-order chi connectivity index (χ1) is 9.74. The Bertz CT molecular complexity index is 731. The summed E-state index contributed by atoms with van der Waals surface area (Å²) in [6, 6.07) is 16.4. The number of fused-ring (bicyclic) bond motifs is 1. The van der Waals surface area contributed by atoms with Crippen molar-refractivity contribution in [3.63, 3.8) is 0 Å². The lowest BCUT2D eigenvalue weighted by Crippen LogP contribution is -1.96. The smallest absolute Gasteiger partial charge is 0.128 e. The molecule has 0 radical (unpaired) electrons. The molecule has 1 aromatic heterocycles. The molecule has 0 aliphatic rings. The molecule has 1 heterocycles. The van der Waals surface area contributed by atoms with Gasteiger partial charge < -0.3 is 15.5 Å². The Balaban J connectivity index is 1.77. The molecule has 0 fully saturated rings. The minimum absolute atomic E-state index is 0.538. The Morgan fingerprint density at radius 3 is 2.80 bits per heavy atom. The number of aryl methyl sites for hydroxylation is 1. The van der Waals surface area contributed by atoms with Crippen molar-refractivity contribution in [2.75, 3.05) is 0 Å². The highest BCUT2D eigenvalue weighted by Gasteiger charge is 2.03. The van der Waals surface area contributed by atoms with Gasteiger partial charge in [-0.15, -0.1) is 0 Å².